The van der Waals surface area contributed by atoms with Gasteiger partial charge in [-0.3, -0.25) is 0 Å². The summed E-state index contributed by atoms with van der Waals surface area (Å²) in [5.41, 5.74) is 5.01. The fourth-order valence-corrected chi connectivity index (χ4v) is 0.854. The third-order valence-electron chi connectivity index (χ3n) is 1.26. The molecule has 0 aromatic heterocycles. The van der Waals surface area contributed by atoms with Gasteiger partial charge in [-0.1, -0.05) is 0 Å². The van der Waals surface area contributed by atoms with E-state index in [1.807, 2.05) is 20.8 Å². The Morgan fingerprint density at radius 2 is 2.00 bits per heavy atom. The first-order valence-corrected chi connectivity index (χ1v) is 4.45. The molecule has 0 radical (unpaired) electrons. The zero-order valence-corrected chi connectivity index (χ0v) is 8.79. The van der Waals surface area contributed by atoms with Gasteiger partial charge in [0.25, 0.3) is 0 Å². The Morgan fingerprint density at radius 1 is 1.46 bits per heavy atom. The minimum atomic E-state index is -0.653. The summed E-state index contributed by atoms with van der Waals surface area (Å²) in [6.45, 7) is 7.86. The molecule has 4 nitrogen and oxygen atoms in total. The standard InChI is InChI=1S/C9H19NO3/c1-5-12-8(11)7(6-10)13-9(2,3)4/h7H,5-6,10H2,1-4H3/t7-/m0/s1. The molecule has 0 saturated heterocycles. The van der Waals surface area contributed by atoms with E-state index in [1.165, 1.54) is 0 Å². The monoisotopic (exact) mass is 189 g/mol. The number of ether oxygens (including phenoxy) is 2. The molecule has 1 atom stereocenters. The van der Waals surface area contributed by atoms with Crippen LogP contribution in [0, 0.1) is 0 Å². The van der Waals surface area contributed by atoms with Gasteiger partial charge in [0.1, 0.15) is 0 Å². The lowest BCUT2D eigenvalue weighted by Crippen LogP contribution is -2.39. The van der Waals surface area contributed by atoms with Gasteiger partial charge in [0.05, 0.1) is 12.2 Å². The van der Waals surface area contributed by atoms with Crippen LogP contribution in [0.3, 0.4) is 0 Å². The van der Waals surface area contributed by atoms with E-state index in [4.69, 9.17) is 15.2 Å². The normalized spacial score (nSPS) is 13.9. The minimum absolute atomic E-state index is 0.149. The van der Waals surface area contributed by atoms with E-state index in [9.17, 15) is 4.79 Å². The zero-order valence-electron chi connectivity index (χ0n) is 8.79. The van der Waals surface area contributed by atoms with Crippen LogP contribution in [0.1, 0.15) is 27.7 Å². The smallest absolute Gasteiger partial charge is 0.336 e. The maximum Gasteiger partial charge on any atom is 0.336 e. The lowest BCUT2D eigenvalue weighted by atomic mass is 10.2. The van der Waals surface area contributed by atoms with Crippen molar-refractivity contribution in [3.05, 3.63) is 0 Å². The topological polar surface area (TPSA) is 61.5 Å². The molecule has 13 heavy (non-hydrogen) atoms. The molecule has 0 spiro atoms. The van der Waals surface area contributed by atoms with Crippen molar-refractivity contribution >= 4 is 5.97 Å². The summed E-state index contributed by atoms with van der Waals surface area (Å²) in [7, 11) is 0. The number of carbonyl (C=O) groups is 1. The van der Waals surface area contributed by atoms with Crippen LogP contribution >= 0.6 is 0 Å². The van der Waals surface area contributed by atoms with Crippen molar-refractivity contribution in [1.29, 1.82) is 0 Å². The van der Waals surface area contributed by atoms with Gasteiger partial charge < -0.3 is 15.2 Å². The Bertz CT molecular complexity index is 163. The van der Waals surface area contributed by atoms with Gasteiger partial charge in [0.2, 0.25) is 0 Å². The Labute approximate surface area is 79.4 Å². The average molecular weight is 189 g/mol. The van der Waals surface area contributed by atoms with Gasteiger partial charge in [-0.15, -0.1) is 0 Å². The fourth-order valence-electron chi connectivity index (χ4n) is 0.854. The molecular weight excluding hydrogens is 170 g/mol. The van der Waals surface area contributed by atoms with Gasteiger partial charge in [-0.05, 0) is 27.7 Å². The van der Waals surface area contributed by atoms with Crippen LogP contribution in [0.4, 0.5) is 0 Å². The van der Waals surface area contributed by atoms with Crippen molar-refractivity contribution < 1.29 is 14.3 Å². The van der Waals surface area contributed by atoms with E-state index in [-0.39, 0.29) is 18.1 Å². The van der Waals surface area contributed by atoms with Crippen molar-refractivity contribution in [2.24, 2.45) is 5.73 Å². The molecule has 0 rings (SSSR count). The van der Waals surface area contributed by atoms with Gasteiger partial charge in [-0.2, -0.15) is 0 Å². The lowest BCUT2D eigenvalue weighted by Gasteiger charge is -2.25. The number of hydrogen-bond acceptors (Lipinski definition) is 4. The molecule has 78 valence electrons. The highest BCUT2D eigenvalue weighted by atomic mass is 16.6. The fraction of sp³-hybridized carbons (Fsp3) is 0.889. The molecule has 0 amide bonds. The second-order valence-electron chi connectivity index (χ2n) is 3.71. The number of rotatable bonds is 4. The van der Waals surface area contributed by atoms with E-state index < -0.39 is 6.10 Å². The summed E-state index contributed by atoms with van der Waals surface area (Å²) in [6.07, 6.45) is -0.653. The highest BCUT2D eigenvalue weighted by Gasteiger charge is 2.24. The number of nitrogens with two attached hydrogens (primary N) is 1. The van der Waals surface area contributed by atoms with Gasteiger partial charge in [0.15, 0.2) is 6.10 Å². The predicted molar refractivity (Wildman–Crippen MR) is 50.3 cm³/mol. The summed E-state index contributed by atoms with van der Waals surface area (Å²) < 4.78 is 10.2. The van der Waals surface area contributed by atoms with Crippen molar-refractivity contribution in [2.75, 3.05) is 13.2 Å². The Balaban J connectivity index is 4.10. The Morgan fingerprint density at radius 3 is 2.31 bits per heavy atom. The summed E-state index contributed by atoms with van der Waals surface area (Å²) >= 11 is 0. The minimum Gasteiger partial charge on any atom is -0.464 e. The molecule has 0 heterocycles. The van der Waals surface area contributed by atoms with Crippen LogP contribution in [0.15, 0.2) is 0 Å². The molecule has 0 aliphatic rings. The average Bonchev–Trinajstić information content (AvgIpc) is 1.99. The van der Waals surface area contributed by atoms with Crippen LogP contribution in [0.2, 0.25) is 0 Å². The number of carbonyl (C=O) groups excluding carboxylic acids is 1. The van der Waals surface area contributed by atoms with E-state index >= 15 is 0 Å². The summed E-state index contributed by atoms with van der Waals surface area (Å²) in [6, 6.07) is 0. The van der Waals surface area contributed by atoms with Crippen molar-refractivity contribution in [1.82, 2.24) is 0 Å². The largest absolute Gasteiger partial charge is 0.464 e. The third kappa shape index (κ3) is 5.60. The number of hydrogen-bond donors (Lipinski definition) is 1. The quantitative estimate of drug-likeness (QED) is 0.661. The molecule has 2 N–H and O–H groups in total. The van der Waals surface area contributed by atoms with E-state index in [0.29, 0.717) is 6.61 Å². The van der Waals surface area contributed by atoms with Crippen LogP contribution in [-0.2, 0) is 14.3 Å². The number of esters is 1. The summed E-state index contributed by atoms with van der Waals surface area (Å²) in [5.74, 6) is -0.389. The van der Waals surface area contributed by atoms with E-state index in [0.717, 1.165) is 0 Å². The Kier molecular flexibility index (Phi) is 4.95. The maximum absolute atomic E-state index is 11.2. The van der Waals surface area contributed by atoms with Crippen LogP contribution in [0.25, 0.3) is 0 Å². The lowest BCUT2D eigenvalue weighted by molar-refractivity contribution is -0.164. The van der Waals surface area contributed by atoms with Crippen LogP contribution < -0.4 is 5.73 Å². The molecule has 0 fully saturated rings. The van der Waals surface area contributed by atoms with Crippen LogP contribution in [0.5, 0.6) is 0 Å². The molecule has 0 aromatic carbocycles. The highest BCUT2D eigenvalue weighted by Crippen LogP contribution is 2.11. The predicted octanol–water partition coefficient (Wildman–Crippen LogP) is 0.692. The molecule has 0 aliphatic heterocycles. The molecule has 0 aromatic rings. The SMILES string of the molecule is CCOC(=O)[C@H](CN)OC(C)(C)C. The zero-order chi connectivity index (χ0) is 10.5. The highest BCUT2D eigenvalue weighted by molar-refractivity contribution is 5.75. The molecule has 0 saturated carbocycles. The van der Waals surface area contributed by atoms with Crippen molar-refractivity contribution in [3.8, 4) is 0 Å². The second kappa shape index (κ2) is 5.19. The van der Waals surface area contributed by atoms with Crippen molar-refractivity contribution in [2.45, 2.75) is 39.4 Å². The van der Waals surface area contributed by atoms with Gasteiger partial charge >= 0.3 is 5.97 Å². The molecule has 4 heteroatoms. The van der Waals surface area contributed by atoms with E-state index in [2.05, 4.69) is 0 Å². The summed E-state index contributed by atoms with van der Waals surface area (Å²) in [4.78, 5) is 11.2. The maximum atomic E-state index is 11.2. The third-order valence-corrected chi connectivity index (χ3v) is 1.26. The van der Waals surface area contributed by atoms with Gasteiger partial charge in [-0.25, -0.2) is 4.79 Å². The molecule has 0 bridgehead atoms. The Hall–Kier alpha value is -0.610. The summed E-state index contributed by atoms with van der Waals surface area (Å²) in [5, 5.41) is 0. The first-order chi connectivity index (χ1) is 5.90. The first-order valence-electron chi connectivity index (χ1n) is 4.45. The second-order valence-corrected chi connectivity index (χ2v) is 3.71. The van der Waals surface area contributed by atoms with Crippen molar-refractivity contribution in [3.63, 3.8) is 0 Å². The molecular formula is C9H19NO3. The van der Waals surface area contributed by atoms with E-state index in [1.54, 1.807) is 6.92 Å². The molecule has 0 unspecified atom stereocenters. The van der Waals surface area contributed by atoms with Crippen LogP contribution in [-0.4, -0.2) is 30.8 Å². The molecule has 0 aliphatic carbocycles. The first kappa shape index (κ1) is 12.4. The van der Waals surface area contributed by atoms with Gasteiger partial charge in [0, 0.05) is 6.54 Å².